The Kier molecular flexibility index (Phi) is 10.5. The molecule has 0 bridgehead atoms. The van der Waals surface area contributed by atoms with E-state index < -0.39 is 10.5 Å². The van der Waals surface area contributed by atoms with Crippen LogP contribution in [-0.4, -0.2) is 26.7 Å². The Labute approximate surface area is 244 Å². The van der Waals surface area contributed by atoms with Gasteiger partial charge in [-0.25, -0.2) is 0 Å². The standard InChI is InChI=1S/C13H19BO2.C13H12.C7H7FO3S/c1-10-6-8-11(9-7-10)14-15-12(2,3)13(4,5)16-14;1-11-7-9-13(10-8-11)12-5-3-2-4-6-12;1-6-2-4-7(5-3-6)11-12(8,9)10/h6-9H,1-5H3;2-10H,1H3;2-5H,1H3. The second-order valence-electron chi connectivity index (χ2n) is 11.0. The Morgan fingerprint density at radius 3 is 1.44 bits per heavy atom. The van der Waals surface area contributed by atoms with Gasteiger partial charge < -0.3 is 13.5 Å². The molecule has 0 radical (unpaired) electrons. The van der Waals surface area contributed by atoms with Crippen molar-refractivity contribution in [3.63, 3.8) is 0 Å². The highest BCUT2D eigenvalue weighted by atomic mass is 32.3. The summed E-state index contributed by atoms with van der Waals surface area (Å²) in [6, 6.07) is 33.3. The molecule has 1 aliphatic heterocycles. The molecule has 4 aromatic rings. The van der Waals surface area contributed by atoms with Gasteiger partial charge in [0.1, 0.15) is 5.75 Å². The van der Waals surface area contributed by atoms with Gasteiger partial charge >= 0.3 is 17.6 Å². The van der Waals surface area contributed by atoms with Crippen LogP contribution in [0.1, 0.15) is 44.4 Å². The van der Waals surface area contributed by atoms with Crippen LogP contribution in [0.5, 0.6) is 5.75 Å². The summed E-state index contributed by atoms with van der Waals surface area (Å²) in [4.78, 5) is 0. The largest absolute Gasteiger partial charge is 0.494 e. The van der Waals surface area contributed by atoms with Crippen molar-refractivity contribution >= 4 is 23.1 Å². The lowest BCUT2D eigenvalue weighted by Gasteiger charge is -2.32. The third kappa shape index (κ3) is 9.85. The molecule has 1 saturated heterocycles. The summed E-state index contributed by atoms with van der Waals surface area (Å²) in [5.41, 5.74) is 6.63. The van der Waals surface area contributed by atoms with E-state index in [-0.39, 0.29) is 24.1 Å². The van der Waals surface area contributed by atoms with Gasteiger partial charge in [-0.05, 0) is 77.2 Å². The number of hydrogen-bond acceptors (Lipinski definition) is 5. The molecule has 8 heteroatoms. The lowest BCUT2D eigenvalue weighted by molar-refractivity contribution is 0.00578. The molecule has 5 rings (SSSR count). The average Bonchev–Trinajstić information content (AvgIpc) is 3.13. The minimum absolute atomic E-state index is 0.0249. The highest BCUT2D eigenvalue weighted by Crippen LogP contribution is 2.36. The molecule has 41 heavy (non-hydrogen) atoms. The molecular formula is C33H38BFO5S. The number of aryl methyl sites for hydroxylation is 3. The van der Waals surface area contributed by atoms with Gasteiger partial charge in [0, 0.05) is 0 Å². The number of benzene rings is 4. The van der Waals surface area contributed by atoms with Gasteiger partial charge in [-0.1, -0.05) is 112 Å². The molecule has 0 spiro atoms. The summed E-state index contributed by atoms with van der Waals surface area (Å²) in [6.07, 6.45) is 0. The van der Waals surface area contributed by atoms with Crippen molar-refractivity contribution in [3.8, 4) is 16.9 Å². The molecule has 1 fully saturated rings. The van der Waals surface area contributed by atoms with E-state index in [0.29, 0.717) is 0 Å². The van der Waals surface area contributed by atoms with Crippen LogP contribution in [0.4, 0.5) is 3.89 Å². The number of hydrogen-bond donors (Lipinski definition) is 0. The van der Waals surface area contributed by atoms with Crippen molar-refractivity contribution in [2.75, 3.05) is 0 Å². The normalized spacial score (nSPS) is 15.2. The van der Waals surface area contributed by atoms with Gasteiger partial charge in [0.15, 0.2) is 0 Å². The molecule has 0 amide bonds. The minimum atomic E-state index is -4.89. The molecule has 1 heterocycles. The predicted octanol–water partition coefficient (Wildman–Crippen LogP) is 7.54. The second-order valence-corrected chi connectivity index (χ2v) is 12.0. The maximum Gasteiger partial charge on any atom is 0.494 e. The zero-order valence-corrected chi connectivity index (χ0v) is 25.5. The van der Waals surface area contributed by atoms with E-state index in [1.165, 1.54) is 34.4 Å². The first-order valence-corrected chi connectivity index (χ1v) is 14.7. The van der Waals surface area contributed by atoms with Gasteiger partial charge in [-0.2, -0.15) is 8.42 Å². The fourth-order valence-electron chi connectivity index (χ4n) is 3.79. The van der Waals surface area contributed by atoms with Crippen LogP contribution in [0.25, 0.3) is 11.1 Å². The van der Waals surface area contributed by atoms with Crippen LogP contribution in [0.3, 0.4) is 0 Å². The Balaban J connectivity index is 0.000000171. The Hall–Kier alpha value is -3.46. The Bertz CT molecular complexity index is 1470. The monoisotopic (exact) mass is 576 g/mol. The molecule has 0 aromatic heterocycles. The SMILES string of the molecule is Cc1ccc(-c2ccccc2)cc1.Cc1ccc(B2OC(C)(C)C(C)(C)O2)cc1.Cc1ccc(OS(=O)(=O)F)cc1. The first-order chi connectivity index (χ1) is 19.1. The van der Waals surface area contributed by atoms with Crippen LogP contribution < -0.4 is 9.65 Å². The van der Waals surface area contributed by atoms with E-state index in [1.54, 1.807) is 12.1 Å². The van der Waals surface area contributed by atoms with Crippen LogP contribution >= 0.6 is 0 Å². The fourth-order valence-corrected chi connectivity index (χ4v) is 4.13. The van der Waals surface area contributed by atoms with Crippen molar-refractivity contribution in [2.24, 2.45) is 0 Å². The minimum Gasteiger partial charge on any atom is -0.399 e. The van der Waals surface area contributed by atoms with Crippen molar-refractivity contribution < 1.29 is 25.8 Å². The summed E-state index contributed by atoms with van der Waals surface area (Å²) < 4.78 is 47.8. The molecule has 1 aliphatic rings. The summed E-state index contributed by atoms with van der Waals surface area (Å²) in [7, 11) is -5.13. The predicted molar refractivity (Wildman–Crippen MR) is 165 cm³/mol. The van der Waals surface area contributed by atoms with Gasteiger partial charge in [0.25, 0.3) is 0 Å². The fraction of sp³-hybridized carbons (Fsp3) is 0.273. The number of halogens is 1. The molecule has 0 aliphatic carbocycles. The van der Waals surface area contributed by atoms with Gasteiger partial charge in [0.2, 0.25) is 0 Å². The van der Waals surface area contributed by atoms with Crippen LogP contribution in [0.2, 0.25) is 0 Å². The average molecular weight is 577 g/mol. The molecule has 5 nitrogen and oxygen atoms in total. The van der Waals surface area contributed by atoms with Gasteiger partial charge in [-0.3, -0.25) is 0 Å². The van der Waals surface area contributed by atoms with Crippen LogP contribution in [0, 0.1) is 20.8 Å². The van der Waals surface area contributed by atoms with Gasteiger partial charge in [0.05, 0.1) is 11.2 Å². The van der Waals surface area contributed by atoms with Crippen LogP contribution in [0.15, 0.2) is 103 Å². The summed E-state index contributed by atoms with van der Waals surface area (Å²) in [5, 5.41) is 0. The molecular weight excluding hydrogens is 538 g/mol. The second kappa shape index (κ2) is 13.5. The van der Waals surface area contributed by atoms with Crippen molar-refractivity contribution in [3.05, 3.63) is 120 Å². The highest BCUT2D eigenvalue weighted by Gasteiger charge is 2.51. The molecule has 216 valence electrons. The van der Waals surface area contributed by atoms with Crippen LogP contribution in [-0.2, 0) is 19.8 Å². The smallest absolute Gasteiger partial charge is 0.399 e. The summed E-state index contributed by atoms with van der Waals surface area (Å²) >= 11 is 0. The zero-order valence-electron chi connectivity index (χ0n) is 24.7. The third-order valence-electron chi connectivity index (χ3n) is 6.98. The maximum absolute atomic E-state index is 11.9. The van der Waals surface area contributed by atoms with E-state index >= 15 is 0 Å². The molecule has 0 saturated carbocycles. The number of rotatable bonds is 4. The lowest BCUT2D eigenvalue weighted by atomic mass is 9.79. The molecule has 0 unspecified atom stereocenters. The van der Waals surface area contributed by atoms with E-state index in [9.17, 15) is 12.3 Å². The van der Waals surface area contributed by atoms with E-state index in [4.69, 9.17) is 9.31 Å². The Morgan fingerprint density at radius 2 is 1.00 bits per heavy atom. The van der Waals surface area contributed by atoms with E-state index in [0.717, 1.165) is 11.0 Å². The molecule has 0 atom stereocenters. The topological polar surface area (TPSA) is 61.8 Å². The molecule has 0 N–H and O–H groups in total. The maximum atomic E-state index is 11.9. The third-order valence-corrected chi connectivity index (χ3v) is 7.37. The van der Waals surface area contributed by atoms with E-state index in [2.05, 4.69) is 119 Å². The lowest BCUT2D eigenvalue weighted by Crippen LogP contribution is -2.41. The Morgan fingerprint density at radius 1 is 0.610 bits per heavy atom. The van der Waals surface area contributed by atoms with Gasteiger partial charge in [-0.15, -0.1) is 0 Å². The van der Waals surface area contributed by atoms with Crippen molar-refractivity contribution in [2.45, 2.75) is 59.7 Å². The van der Waals surface area contributed by atoms with Crippen molar-refractivity contribution in [1.29, 1.82) is 0 Å². The summed E-state index contributed by atoms with van der Waals surface area (Å²) in [5.74, 6) is -0.0249. The quantitative estimate of drug-likeness (QED) is 0.186. The highest BCUT2D eigenvalue weighted by molar-refractivity contribution is 7.81. The zero-order chi connectivity index (χ0) is 30.3. The first-order valence-electron chi connectivity index (χ1n) is 13.4. The molecule has 4 aromatic carbocycles. The van der Waals surface area contributed by atoms with E-state index in [1.807, 2.05) is 13.0 Å². The van der Waals surface area contributed by atoms with Crippen molar-refractivity contribution in [1.82, 2.24) is 0 Å². The first kappa shape index (κ1) is 32.1. The summed E-state index contributed by atoms with van der Waals surface area (Å²) in [6.45, 7) is 14.3.